The minimum absolute atomic E-state index is 0.0272. The summed E-state index contributed by atoms with van der Waals surface area (Å²) >= 11 is 3.41. The molecule has 0 atom stereocenters. The predicted octanol–water partition coefficient (Wildman–Crippen LogP) is 2.60. The molecule has 2 aromatic rings. The van der Waals surface area contributed by atoms with Crippen molar-refractivity contribution in [1.82, 2.24) is 15.2 Å². The van der Waals surface area contributed by atoms with E-state index in [9.17, 15) is 9.59 Å². The first-order valence-electron chi connectivity index (χ1n) is 7.58. The van der Waals surface area contributed by atoms with Gasteiger partial charge in [-0.25, -0.2) is 4.98 Å². The summed E-state index contributed by atoms with van der Waals surface area (Å²) in [5.41, 5.74) is 0.476. The molecular formula is C17H16BrN3O3. The van der Waals surface area contributed by atoms with E-state index in [1.807, 2.05) is 24.3 Å². The first-order chi connectivity index (χ1) is 11.6. The normalized spacial score (nSPS) is 14.7. The van der Waals surface area contributed by atoms with Crippen LogP contribution >= 0.6 is 15.9 Å². The van der Waals surface area contributed by atoms with Crippen LogP contribution in [0.4, 0.5) is 0 Å². The van der Waals surface area contributed by atoms with Crippen LogP contribution in [0.3, 0.4) is 0 Å². The van der Waals surface area contributed by atoms with Crippen molar-refractivity contribution in [3.63, 3.8) is 0 Å². The average Bonchev–Trinajstić information content (AvgIpc) is 2.82. The third kappa shape index (κ3) is 3.91. The number of carbonyl (C=O) groups is 2. The maximum absolute atomic E-state index is 12.5. The van der Waals surface area contributed by atoms with Crippen LogP contribution in [0.15, 0.2) is 47.1 Å². The summed E-state index contributed by atoms with van der Waals surface area (Å²) in [4.78, 5) is 29.7. The molecule has 1 aliphatic heterocycles. The van der Waals surface area contributed by atoms with Gasteiger partial charge in [-0.1, -0.05) is 12.1 Å². The zero-order chi connectivity index (χ0) is 16.9. The number of hydrogen-bond acceptors (Lipinski definition) is 4. The minimum atomic E-state index is -0.133. The van der Waals surface area contributed by atoms with E-state index < -0.39 is 0 Å². The zero-order valence-electron chi connectivity index (χ0n) is 12.9. The fraction of sp³-hybridized carbons (Fsp3) is 0.235. The van der Waals surface area contributed by atoms with Gasteiger partial charge in [-0.2, -0.15) is 0 Å². The fourth-order valence-electron chi connectivity index (χ4n) is 2.36. The van der Waals surface area contributed by atoms with Crippen molar-refractivity contribution in [2.24, 2.45) is 0 Å². The number of aromatic nitrogens is 1. The highest BCUT2D eigenvalue weighted by Crippen LogP contribution is 2.28. The maximum Gasteiger partial charge on any atom is 0.255 e. The Bertz CT molecular complexity index is 749. The van der Waals surface area contributed by atoms with Crippen LogP contribution in [0.25, 0.3) is 0 Å². The molecule has 7 heteroatoms. The smallest absolute Gasteiger partial charge is 0.255 e. The van der Waals surface area contributed by atoms with Crippen molar-refractivity contribution in [2.75, 3.05) is 19.6 Å². The number of para-hydroxylation sites is 1. The van der Waals surface area contributed by atoms with E-state index in [0.717, 1.165) is 4.47 Å². The van der Waals surface area contributed by atoms with Crippen LogP contribution in [0.1, 0.15) is 16.8 Å². The summed E-state index contributed by atoms with van der Waals surface area (Å²) in [5, 5.41) is 2.75. The highest BCUT2D eigenvalue weighted by Gasteiger charge is 2.20. The number of halogens is 1. The van der Waals surface area contributed by atoms with Gasteiger partial charge in [0.15, 0.2) is 0 Å². The van der Waals surface area contributed by atoms with E-state index in [4.69, 9.17) is 4.74 Å². The Balaban J connectivity index is 1.68. The van der Waals surface area contributed by atoms with Gasteiger partial charge in [0, 0.05) is 38.3 Å². The molecule has 24 heavy (non-hydrogen) atoms. The topological polar surface area (TPSA) is 71.5 Å². The molecular weight excluding hydrogens is 374 g/mol. The van der Waals surface area contributed by atoms with E-state index in [-0.39, 0.29) is 11.8 Å². The van der Waals surface area contributed by atoms with Gasteiger partial charge in [0.05, 0.1) is 10.0 Å². The van der Waals surface area contributed by atoms with Gasteiger partial charge >= 0.3 is 0 Å². The lowest BCUT2D eigenvalue weighted by Crippen LogP contribution is -2.34. The van der Waals surface area contributed by atoms with Gasteiger partial charge in [-0.05, 0) is 34.1 Å². The molecule has 3 rings (SSSR count). The molecule has 0 aliphatic carbocycles. The number of carbonyl (C=O) groups excluding carboxylic acids is 2. The Morgan fingerprint density at radius 3 is 2.79 bits per heavy atom. The number of nitrogens with one attached hydrogen (secondary N) is 1. The molecule has 1 saturated heterocycles. The van der Waals surface area contributed by atoms with Gasteiger partial charge < -0.3 is 15.0 Å². The second kappa shape index (κ2) is 7.44. The average molecular weight is 390 g/mol. The van der Waals surface area contributed by atoms with Gasteiger partial charge in [0.2, 0.25) is 11.8 Å². The van der Waals surface area contributed by atoms with E-state index in [1.165, 1.54) is 6.20 Å². The largest absolute Gasteiger partial charge is 0.438 e. The van der Waals surface area contributed by atoms with Crippen LogP contribution in [-0.2, 0) is 4.79 Å². The summed E-state index contributed by atoms with van der Waals surface area (Å²) in [6, 6.07) is 10.8. The quantitative estimate of drug-likeness (QED) is 0.875. The number of pyridine rings is 1. The van der Waals surface area contributed by atoms with Gasteiger partial charge in [-0.15, -0.1) is 0 Å². The maximum atomic E-state index is 12.5. The first-order valence-corrected chi connectivity index (χ1v) is 8.37. The molecule has 0 radical (unpaired) electrons. The van der Waals surface area contributed by atoms with Crippen LogP contribution in [0.2, 0.25) is 0 Å². The second-order valence-corrected chi connectivity index (χ2v) is 6.16. The van der Waals surface area contributed by atoms with E-state index >= 15 is 0 Å². The van der Waals surface area contributed by atoms with Crippen LogP contribution in [-0.4, -0.2) is 41.3 Å². The summed E-state index contributed by atoms with van der Waals surface area (Å²) < 4.78 is 6.51. The van der Waals surface area contributed by atoms with Crippen LogP contribution in [0, 0.1) is 0 Å². The van der Waals surface area contributed by atoms with Crippen LogP contribution in [0.5, 0.6) is 11.6 Å². The third-order valence-corrected chi connectivity index (χ3v) is 4.29. The van der Waals surface area contributed by atoms with Crippen molar-refractivity contribution < 1.29 is 14.3 Å². The van der Waals surface area contributed by atoms with Crippen molar-refractivity contribution in [2.45, 2.75) is 6.42 Å². The van der Waals surface area contributed by atoms with Gasteiger partial charge in [-0.3, -0.25) is 9.59 Å². The SMILES string of the molecule is O=C1CCN(C(=O)c2ccc(Oc3ccccc3Br)nc2)CCN1. The highest BCUT2D eigenvalue weighted by atomic mass is 79.9. The lowest BCUT2D eigenvalue weighted by molar-refractivity contribution is -0.120. The van der Waals surface area contributed by atoms with Crippen molar-refractivity contribution in [1.29, 1.82) is 0 Å². The van der Waals surface area contributed by atoms with Crippen LogP contribution < -0.4 is 10.1 Å². The molecule has 1 aliphatic rings. The Morgan fingerprint density at radius 2 is 2.04 bits per heavy atom. The molecule has 2 heterocycles. The molecule has 2 amide bonds. The fourth-order valence-corrected chi connectivity index (χ4v) is 2.73. The summed E-state index contributed by atoms with van der Waals surface area (Å²) in [5.74, 6) is 0.902. The standard InChI is InChI=1S/C17H16BrN3O3/c18-13-3-1-2-4-14(13)24-16-6-5-12(11-20-16)17(23)21-9-7-15(22)19-8-10-21/h1-6,11H,7-10H2,(H,19,22). The number of amides is 2. The Hall–Kier alpha value is -2.41. The monoisotopic (exact) mass is 389 g/mol. The molecule has 0 spiro atoms. The number of benzene rings is 1. The predicted molar refractivity (Wildman–Crippen MR) is 92.0 cm³/mol. The third-order valence-electron chi connectivity index (χ3n) is 3.63. The lowest BCUT2D eigenvalue weighted by atomic mass is 10.2. The minimum Gasteiger partial charge on any atom is -0.438 e. The molecule has 1 fully saturated rings. The summed E-state index contributed by atoms with van der Waals surface area (Å²) in [6.07, 6.45) is 1.82. The summed E-state index contributed by atoms with van der Waals surface area (Å²) in [6.45, 7) is 1.39. The Morgan fingerprint density at radius 1 is 1.21 bits per heavy atom. The molecule has 0 unspecified atom stereocenters. The Labute approximate surface area is 148 Å². The van der Waals surface area contributed by atoms with Crippen molar-refractivity contribution in [3.05, 3.63) is 52.6 Å². The molecule has 0 bridgehead atoms. The van der Waals surface area contributed by atoms with Gasteiger partial charge in [0.25, 0.3) is 5.91 Å². The number of nitrogens with zero attached hydrogens (tertiary/aromatic N) is 2. The van der Waals surface area contributed by atoms with Crippen molar-refractivity contribution in [3.8, 4) is 11.6 Å². The number of hydrogen-bond donors (Lipinski definition) is 1. The van der Waals surface area contributed by atoms with E-state index in [0.29, 0.717) is 43.2 Å². The van der Waals surface area contributed by atoms with E-state index in [2.05, 4.69) is 26.2 Å². The number of rotatable bonds is 3. The number of ether oxygens (including phenoxy) is 1. The summed E-state index contributed by atoms with van der Waals surface area (Å²) in [7, 11) is 0. The first kappa shape index (κ1) is 16.4. The molecule has 1 aromatic carbocycles. The second-order valence-electron chi connectivity index (χ2n) is 5.31. The molecule has 124 valence electrons. The Kier molecular flexibility index (Phi) is 5.10. The van der Waals surface area contributed by atoms with E-state index in [1.54, 1.807) is 17.0 Å². The highest BCUT2D eigenvalue weighted by molar-refractivity contribution is 9.10. The molecule has 6 nitrogen and oxygen atoms in total. The molecule has 1 N–H and O–H groups in total. The lowest BCUT2D eigenvalue weighted by Gasteiger charge is -2.19. The molecule has 0 saturated carbocycles. The molecule has 1 aromatic heterocycles. The zero-order valence-corrected chi connectivity index (χ0v) is 14.5. The van der Waals surface area contributed by atoms with Crippen molar-refractivity contribution >= 4 is 27.7 Å². The van der Waals surface area contributed by atoms with Gasteiger partial charge in [0.1, 0.15) is 5.75 Å².